The van der Waals surface area contributed by atoms with Gasteiger partial charge in [0.15, 0.2) is 0 Å². The molecule has 0 atom stereocenters. The van der Waals surface area contributed by atoms with Gasteiger partial charge in [0.05, 0.1) is 0 Å². The van der Waals surface area contributed by atoms with Crippen molar-refractivity contribution >= 4 is 0 Å². The smallest absolute Gasteiger partial charge is 0.0276 e. The van der Waals surface area contributed by atoms with Crippen LogP contribution in [-0.4, -0.2) is 0 Å². The quantitative estimate of drug-likeness (QED) is 0.278. The van der Waals surface area contributed by atoms with Crippen LogP contribution in [0.3, 0.4) is 0 Å². The van der Waals surface area contributed by atoms with Gasteiger partial charge in [0.25, 0.3) is 0 Å². The molecule has 2 aromatic carbocycles. The zero-order valence-electron chi connectivity index (χ0n) is 17.5. The number of aryl methyl sites for hydroxylation is 2. The van der Waals surface area contributed by atoms with Gasteiger partial charge in [-0.3, -0.25) is 0 Å². The summed E-state index contributed by atoms with van der Waals surface area (Å²) in [5, 5.41) is 0. The molecule has 0 nitrogen and oxygen atoms in total. The Morgan fingerprint density at radius 3 is 1.44 bits per heavy atom. The molecule has 0 saturated heterocycles. The Bertz CT molecular complexity index is 514. The van der Waals surface area contributed by atoms with Crippen LogP contribution in [0.25, 0.3) is 0 Å². The third-order valence-corrected chi connectivity index (χ3v) is 5.83. The van der Waals surface area contributed by atoms with Crippen LogP contribution < -0.4 is 0 Å². The minimum Gasteiger partial charge on any atom is -0.0654 e. The molecule has 0 spiro atoms. The first-order chi connectivity index (χ1) is 13.4. The first kappa shape index (κ1) is 21.7. The molecule has 0 bridgehead atoms. The minimum absolute atomic E-state index is 0.866. The average Bonchev–Trinajstić information content (AvgIpc) is 2.73. The van der Waals surface area contributed by atoms with Crippen LogP contribution in [0.5, 0.6) is 0 Å². The lowest BCUT2D eigenvalue weighted by atomic mass is 9.88. The first-order valence-corrected chi connectivity index (χ1v) is 11.5. The van der Waals surface area contributed by atoms with Crippen LogP contribution in [0.1, 0.15) is 88.7 Å². The molecule has 0 aliphatic heterocycles. The van der Waals surface area contributed by atoms with Crippen molar-refractivity contribution in [2.24, 2.45) is 5.92 Å². The van der Waals surface area contributed by atoms with Crippen LogP contribution in [-0.2, 0) is 12.8 Å². The van der Waals surface area contributed by atoms with E-state index in [-0.39, 0.29) is 0 Å². The maximum atomic E-state index is 2.30. The Labute approximate surface area is 168 Å². The fourth-order valence-corrected chi connectivity index (χ4v) is 4.03. The normalized spacial score (nSPS) is 11.2. The van der Waals surface area contributed by atoms with Gasteiger partial charge in [0.1, 0.15) is 0 Å². The van der Waals surface area contributed by atoms with Gasteiger partial charge >= 0.3 is 0 Å². The van der Waals surface area contributed by atoms with E-state index in [1.54, 1.807) is 0 Å². The van der Waals surface area contributed by atoms with Crippen molar-refractivity contribution in [3.05, 3.63) is 71.8 Å². The molecule has 0 N–H and O–H groups in total. The van der Waals surface area contributed by atoms with Gasteiger partial charge in [0.2, 0.25) is 0 Å². The Balaban J connectivity index is 1.69. The summed E-state index contributed by atoms with van der Waals surface area (Å²) >= 11 is 0. The predicted octanol–water partition coefficient (Wildman–Crippen LogP) is 8.40. The summed E-state index contributed by atoms with van der Waals surface area (Å²) in [6, 6.07) is 22.1. The van der Waals surface area contributed by atoms with Gasteiger partial charge in [-0.1, -0.05) is 125 Å². The maximum absolute atomic E-state index is 2.30. The second-order valence-corrected chi connectivity index (χ2v) is 8.18. The number of hydrogen-bond acceptors (Lipinski definition) is 0. The van der Waals surface area contributed by atoms with Crippen LogP contribution in [0.15, 0.2) is 60.7 Å². The monoisotopic (exact) mass is 364 g/mol. The lowest BCUT2D eigenvalue weighted by molar-refractivity contribution is 0.398. The van der Waals surface area contributed by atoms with Crippen molar-refractivity contribution in [1.29, 1.82) is 0 Å². The summed E-state index contributed by atoms with van der Waals surface area (Å²) < 4.78 is 0. The van der Waals surface area contributed by atoms with Gasteiger partial charge in [0, 0.05) is 0 Å². The maximum Gasteiger partial charge on any atom is -0.0276 e. The van der Waals surface area contributed by atoms with E-state index >= 15 is 0 Å². The Hall–Kier alpha value is -1.56. The predicted molar refractivity (Wildman–Crippen MR) is 120 cm³/mol. The molecule has 0 aliphatic rings. The molecular weight excluding hydrogens is 324 g/mol. The van der Waals surface area contributed by atoms with Crippen molar-refractivity contribution in [2.75, 3.05) is 0 Å². The van der Waals surface area contributed by atoms with Gasteiger partial charge < -0.3 is 0 Å². The van der Waals surface area contributed by atoms with E-state index in [0.717, 1.165) is 5.92 Å². The topological polar surface area (TPSA) is 0 Å². The lowest BCUT2D eigenvalue weighted by Gasteiger charge is -2.17. The van der Waals surface area contributed by atoms with E-state index in [4.69, 9.17) is 0 Å². The van der Waals surface area contributed by atoms with Gasteiger partial charge in [-0.2, -0.15) is 0 Å². The van der Waals surface area contributed by atoms with Crippen molar-refractivity contribution in [1.82, 2.24) is 0 Å². The Kier molecular flexibility index (Phi) is 11.7. The number of rotatable bonds is 15. The van der Waals surface area contributed by atoms with E-state index in [0.29, 0.717) is 0 Å². The van der Waals surface area contributed by atoms with E-state index in [1.807, 2.05) is 0 Å². The summed E-state index contributed by atoms with van der Waals surface area (Å²) in [5.41, 5.74) is 3.00. The summed E-state index contributed by atoms with van der Waals surface area (Å²) in [7, 11) is 0. The zero-order chi connectivity index (χ0) is 19.0. The van der Waals surface area contributed by atoms with Crippen molar-refractivity contribution in [2.45, 2.75) is 90.4 Å². The van der Waals surface area contributed by atoms with E-state index in [9.17, 15) is 0 Å². The molecule has 0 aromatic heterocycles. The SMILES string of the molecule is CCCCCCCCCCC(CCc1ccccc1)CCc1ccccc1. The molecule has 0 heteroatoms. The third-order valence-electron chi connectivity index (χ3n) is 5.83. The Morgan fingerprint density at radius 2 is 0.963 bits per heavy atom. The molecule has 0 amide bonds. The fraction of sp³-hybridized carbons (Fsp3) is 0.556. The zero-order valence-corrected chi connectivity index (χ0v) is 17.5. The van der Waals surface area contributed by atoms with E-state index in [1.165, 1.54) is 94.6 Å². The number of unbranched alkanes of at least 4 members (excludes halogenated alkanes) is 7. The summed E-state index contributed by atoms with van der Waals surface area (Å²) in [5.74, 6) is 0.866. The van der Waals surface area contributed by atoms with Crippen LogP contribution in [0.2, 0.25) is 0 Å². The number of hydrogen-bond donors (Lipinski definition) is 0. The molecule has 0 radical (unpaired) electrons. The largest absolute Gasteiger partial charge is 0.0654 e. The first-order valence-electron chi connectivity index (χ1n) is 11.5. The summed E-state index contributed by atoms with van der Waals surface area (Å²) in [6.07, 6.45) is 17.9. The second kappa shape index (κ2) is 14.5. The van der Waals surface area contributed by atoms with Gasteiger partial charge in [-0.05, 0) is 42.7 Å². The molecule has 0 saturated carbocycles. The van der Waals surface area contributed by atoms with Crippen LogP contribution >= 0.6 is 0 Å². The Morgan fingerprint density at radius 1 is 0.519 bits per heavy atom. The molecule has 0 unspecified atom stereocenters. The minimum atomic E-state index is 0.866. The average molecular weight is 365 g/mol. The molecule has 2 aromatic rings. The summed E-state index contributed by atoms with van der Waals surface area (Å²) in [6.45, 7) is 2.30. The highest BCUT2D eigenvalue weighted by Crippen LogP contribution is 2.23. The standard InChI is InChI=1S/C27H40/c1-2-3-4-5-6-7-8-11-20-27(23-21-25-16-12-9-13-17-25)24-22-26-18-14-10-15-19-26/h9-10,12-19,27H,2-8,11,20-24H2,1H3. The molecule has 0 aliphatic carbocycles. The van der Waals surface area contributed by atoms with Gasteiger partial charge in [-0.15, -0.1) is 0 Å². The molecule has 148 valence electrons. The van der Waals surface area contributed by atoms with Crippen molar-refractivity contribution in [3.63, 3.8) is 0 Å². The van der Waals surface area contributed by atoms with Crippen molar-refractivity contribution in [3.8, 4) is 0 Å². The highest BCUT2D eigenvalue weighted by molar-refractivity contribution is 5.15. The third kappa shape index (κ3) is 10.4. The molecule has 0 heterocycles. The van der Waals surface area contributed by atoms with Crippen LogP contribution in [0.4, 0.5) is 0 Å². The van der Waals surface area contributed by atoms with Gasteiger partial charge in [-0.25, -0.2) is 0 Å². The molecular formula is C27H40. The van der Waals surface area contributed by atoms with Crippen LogP contribution in [0, 0.1) is 5.92 Å². The number of benzene rings is 2. The molecule has 2 rings (SSSR count). The van der Waals surface area contributed by atoms with E-state index < -0.39 is 0 Å². The molecule has 0 fully saturated rings. The van der Waals surface area contributed by atoms with E-state index in [2.05, 4.69) is 67.6 Å². The fourth-order valence-electron chi connectivity index (χ4n) is 4.03. The highest BCUT2D eigenvalue weighted by atomic mass is 14.2. The van der Waals surface area contributed by atoms with Crippen molar-refractivity contribution < 1.29 is 0 Å². The second-order valence-electron chi connectivity index (χ2n) is 8.18. The highest BCUT2D eigenvalue weighted by Gasteiger charge is 2.10. The lowest BCUT2D eigenvalue weighted by Crippen LogP contribution is -2.05. The summed E-state index contributed by atoms with van der Waals surface area (Å²) in [4.78, 5) is 0. The molecule has 27 heavy (non-hydrogen) atoms.